The zero-order valence-corrected chi connectivity index (χ0v) is 8.61. The van der Waals surface area contributed by atoms with Gasteiger partial charge in [-0.15, -0.1) is 0 Å². The number of rotatable bonds is 2. The highest BCUT2D eigenvalue weighted by atomic mass is 19.3. The van der Waals surface area contributed by atoms with Crippen molar-refractivity contribution >= 4 is 5.69 Å². The van der Waals surface area contributed by atoms with Crippen LogP contribution in [0.15, 0.2) is 18.3 Å². The van der Waals surface area contributed by atoms with Crippen molar-refractivity contribution < 1.29 is 13.9 Å². The van der Waals surface area contributed by atoms with Gasteiger partial charge in [0.1, 0.15) is 0 Å². The lowest BCUT2D eigenvalue weighted by atomic mass is 10.3. The lowest BCUT2D eigenvalue weighted by Crippen LogP contribution is -2.27. The van der Waals surface area contributed by atoms with Gasteiger partial charge in [-0.05, 0) is 12.1 Å². The number of aliphatic hydroxyl groups is 1. The number of alkyl halides is 2. The summed E-state index contributed by atoms with van der Waals surface area (Å²) in [6.45, 7) is 0.735. The van der Waals surface area contributed by atoms with Crippen molar-refractivity contribution in [2.75, 3.05) is 18.0 Å². The number of nitrogens with zero attached hydrogens (tertiary/aromatic N) is 2. The summed E-state index contributed by atoms with van der Waals surface area (Å²) in [7, 11) is 0. The molecule has 2 heterocycles. The number of aromatic nitrogens is 1. The first-order valence-electron chi connectivity index (χ1n) is 5.31. The third-order valence-corrected chi connectivity index (χ3v) is 3.54. The van der Waals surface area contributed by atoms with Crippen molar-refractivity contribution in [3.63, 3.8) is 0 Å². The molecule has 2 fully saturated rings. The summed E-state index contributed by atoms with van der Waals surface area (Å²) in [5.41, 5.74) is 1.46. The molecule has 1 saturated carbocycles. The second-order valence-electron chi connectivity index (χ2n) is 4.46. The number of hydrogen-bond acceptors (Lipinski definition) is 3. The van der Waals surface area contributed by atoms with Gasteiger partial charge in [0.15, 0.2) is 0 Å². The fourth-order valence-electron chi connectivity index (χ4n) is 2.42. The van der Waals surface area contributed by atoms with Crippen LogP contribution in [0.2, 0.25) is 0 Å². The van der Waals surface area contributed by atoms with Crippen LogP contribution in [0.25, 0.3) is 0 Å². The number of anilines is 1. The van der Waals surface area contributed by atoms with Crippen LogP contribution in [0.4, 0.5) is 14.5 Å². The van der Waals surface area contributed by atoms with E-state index in [4.69, 9.17) is 5.11 Å². The number of halogens is 2. The Balaban J connectivity index is 1.71. The molecule has 2 atom stereocenters. The zero-order chi connectivity index (χ0) is 11.3. The fourth-order valence-corrected chi connectivity index (χ4v) is 2.42. The maximum Gasteiger partial charge on any atom is 0.258 e. The first-order chi connectivity index (χ1) is 7.63. The summed E-state index contributed by atoms with van der Waals surface area (Å²) in [4.78, 5) is 5.97. The van der Waals surface area contributed by atoms with Crippen LogP contribution in [0.5, 0.6) is 0 Å². The SMILES string of the molecule is OCc1ccc(N2CC3C(C2)C3(F)F)cn1. The maximum absolute atomic E-state index is 13.0. The summed E-state index contributed by atoms with van der Waals surface area (Å²) in [6, 6.07) is 3.54. The van der Waals surface area contributed by atoms with Crippen molar-refractivity contribution in [3.8, 4) is 0 Å². The standard InChI is InChI=1S/C11H12F2N2O/c12-11(13)9-4-15(5-10(9)11)8-2-1-7(6-16)14-3-8/h1-3,9-10,16H,4-6H2. The molecule has 1 aromatic rings. The Morgan fingerprint density at radius 3 is 2.56 bits per heavy atom. The van der Waals surface area contributed by atoms with E-state index in [1.807, 2.05) is 11.0 Å². The quantitative estimate of drug-likeness (QED) is 0.825. The molecule has 1 aliphatic heterocycles. The molecule has 1 saturated heterocycles. The molecule has 3 rings (SSSR count). The van der Waals surface area contributed by atoms with Crippen LogP contribution < -0.4 is 4.90 Å². The van der Waals surface area contributed by atoms with Gasteiger partial charge in [-0.2, -0.15) is 0 Å². The van der Waals surface area contributed by atoms with Gasteiger partial charge in [-0.3, -0.25) is 4.98 Å². The normalized spacial score (nSPS) is 30.3. The lowest BCUT2D eigenvalue weighted by Gasteiger charge is -2.21. The maximum atomic E-state index is 13.0. The van der Waals surface area contributed by atoms with Crippen molar-refractivity contribution in [1.29, 1.82) is 0 Å². The molecule has 5 heteroatoms. The molecule has 1 N–H and O–H groups in total. The largest absolute Gasteiger partial charge is 0.390 e. The van der Waals surface area contributed by atoms with Crippen molar-refractivity contribution in [3.05, 3.63) is 24.0 Å². The first kappa shape index (κ1) is 9.96. The van der Waals surface area contributed by atoms with Gasteiger partial charge in [0.05, 0.1) is 36.0 Å². The summed E-state index contributed by atoms with van der Waals surface area (Å²) >= 11 is 0. The molecule has 0 radical (unpaired) electrons. The van der Waals surface area contributed by atoms with Crippen LogP contribution in [-0.2, 0) is 6.61 Å². The Morgan fingerprint density at radius 1 is 1.38 bits per heavy atom. The van der Waals surface area contributed by atoms with E-state index in [-0.39, 0.29) is 6.61 Å². The van der Waals surface area contributed by atoms with E-state index < -0.39 is 17.8 Å². The predicted octanol–water partition coefficient (Wildman–Crippen LogP) is 1.28. The monoisotopic (exact) mass is 226 g/mol. The van der Waals surface area contributed by atoms with Crippen molar-refractivity contribution in [2.45, 2.75) is 12.5 Å². The van der Waals surface area contributed by atoms with Crippen LogP contribution in [0.3, 0.4) is 0 Å². The molecule has 3 nitrogen and oxygen atoms in total. The van der Waals surface area contributed by atoms with Crippen LogP contribution >= 0.6 is 0 Å². The Labute approximate surface area is 91.7 Å². The topological polar surface area (TPSA) is 36.4 Å². The molecule has 86 valence electrons. The minimum Gasteiger partial charge on any atom is -0.390 e. The van der Waals surface area contributed by atoms with E-state index in [0.29, 0.717) is 18.8 Å². The highest BCUT2D eigenvalue weighted by Crippen LogP contribution is 2.59. The summed E-state index contributed by atoms with van der Waals surface area (Å²) in [5.74, 6) is -3.37. The van der Waals surface area contributed by atoms with Gasteiger partial charge < -0.3 is 10.0 Å². The highest BCUT2D eigenvalue weighted by Gasteiger charge is 2.71. The van der Waals surface area contributed by atoms with Crippen LogP contribution in [-0.4, -0.2) is 29.1 Å². The predicted molar refractivity (Wildman–Crippen MR) is 54.3 cm³/mol. The first-order valence-corrected chi connectivity index (χ1v) is 5.31. The zero-order valence-electron chi connectivity index (χ0n) is 8.61. The van der Waals surface area contributed by atoms with Crippen LogP contribution in [0.1, 0.15) is 5.69 Å². The fraction of sp³-hybridized carbons (Fsp3) is 0.545. The second kappa shape index (κ2) is 3.13. The summed E-state index contributed by atoms with van der Waals surface area (Å²) in [6.07, 6.45) is 1.63. The summed E-state index contributed by atoms with van der Waals surface area (Å²) < 4.78 is 25.9. The van der Waals surface area contributed by atoms with E-state index in [2.05, 4.69) is 4.98 Å². The number of pyridine rings is 1. The molecular formula is C11H12F2N2O. The molecular weight excluding hydrogens is 214 g/mol. The van der Waals surface area contributed by atoms with Gasteiger partial charge >= 0.3 is 0 Å². The van der Waals surface area contributed by atoms with E-state index in [9.17, 15) is 8.78 Å². The molecule has 2 aliphatic rings. The Bertz CT molecular complexity index is 393. The lowest BCUT2D eigenvalue weighted by molar-refractivity contribution is 0.0797. The molecule has 1 aliphatic carbocycles. The van der Waals surface area contributed by atoms with Gasteiger partial charge in [-0.1, -0.05) is 0 Å². The Kier molecular flexibility index (Phi) is 1.95. The molecule has 2 unspecified atom stereocenters. The highest BCUT2D eigenvalue weighted by molar-refractivity contribution is 5.48. The van der Waals surface area contributed by atoms with E-state index >= 15 is 0 Å². The number of piperidine rings is 1. The average Bonchev–Trinajstić information content (AvgIpc) is 2.72. The molecule has 0 aromatic carbocycles. The number of aliphatic hydroxyl groups excluding tert-OH is 1. The molecule has 0 spiro atoms. The average molecular weight is 226 g/mol. The minimum absolute atomic E-state index is 0.0936. The number of hydrogen-bond donors (Lipinski definition) is 1. The van der Waals surface area contributed by atoms with Crippen LogP contribution in [0, 0.1) is 11.8 Å². The second-order valence-corrected chi connectivity index (χ2v) is 4.46. The third kappa shape index (κ3) is 1.31. The van der Waals surface area contributed by atoms with Gasteiger partial charge in [0.2, 0.25) is 0 Å². The van der Waals surface area contributed by atoms with Crippen molar-refractivity contribution in [2.24, 2.45) is 11.8 Å². The minimum atomic E-state index is -2.44. The Hall–Kier alpha value is -1.23. The van der Waals surface area contributed by atoms with Gasteiger partial charge in [0.25, 0.3) is 5.92 Å². The van der Waals surface area contributed by atoms with Crippen molar-refractivity contribution in [1.82, 2.24) is 4.98 Å². The van der Waals surface area contributed by atoms with Gasteiger partial charge in [0, 0.05) is 13.1 Å². The Morgan fingerprint density at radius 2 is 2.06 bits per heavy atom. The molecule has 0 amide bonds. The molecule has 16 heavy (non-hydrogen) atoms. The number of fused-ring (bicyclic) bond motifs is 1. The summed E-state index contributed by atoms with van der Waals surface area (Å²) in [5, 5.41) is 8.84. The molecule has 0 bridgehead atoms. The van der Waals surface area contributed by atoms with E-state index in [1.165, 1.54) is 0 Å². The van der Waals surface area contributed by atoms with E-state index in [0.717, 1.165) is 5.69 Å². The third-order valence-electron chi connectivity index (χ3n) is 3.54. The van der Waals surface area contributed by atoms with Gasteiger partial charge in [-0.25, -0.2) is 8.78 Å². The van der Waals surface area contributed by atoms with E-state index in [1.54, 1.807) is 12.3 Å². The smallest absolute Gasteiger partial charge is 0.258 e. The molecule has 1 aromatic heterocycles.